The molecule has 1 rings (SSSR count). The first kappa shape index (κ1) is 33.9. The van der Waals surface area contributed by atoms with E-state index in [1.807, 2.05) is 32.0 Å². The topological polar surface area (TPSA) is 187 Å². The zero-order chi connectivity index (χ0) is 25.6. The number of hydrogen-bond donors (Lipinski definition) is 5. The van der Waals surface area contributed by atoms with Gasteiger partial charge in [0.15, 0.2) is 0 Å². The molecule has 0 aliphatic carbocycles. The van der Waals surface area contributed by atoms with Crippen molar-refractivity contribution < 1.29 is 59.8 Å². The van der Waals surface area contributed by atoms with Gasteiger partial charge in [-0.1, -0.05) is 17.7 Å². The van der Waals surface area contributed by atoms with Gasteiger partial charge < -0.3 is 31.3 Å². The summed E-state index contributed by atoms with van der Waals surface area (Å²) in [6.07, 6.45) is 1.37. The van der Waals surface area contributed by atoms with Crippen molar-refractivity contribution in [2.45, 2.75) is 39.2 Å². The summed E-state index contributed by atoms with van der Waals surface area (Å²) < 4.78 is 10.4. The minimum absolute atomic E-state index is 0. The second-order valence-corrected chi connectivity index (χ2v) is 8.91. The fourth-order valence-electron chi connectivity index (χ4n) is 2.53. The Bertz CT molecular complexity index is 835. The van der Waals surface area contributed by atoms with Crippen LogP contribution in [0.5, 0.6) is 0 Å². The number of nitrogens with one attached hydrogen (secondary N) is 1. The maximum atomic E-state index is 12.2. The molecule has 0 radical (unpaired) electrons. The summed E-state index contributed by atoms with van der Waals surface area (Å²) in [6.45, 7) is 3.88. The molecule has 11 nitrogen and oxygen atoms in total. The van der Waals surface area contributed by atoms with Crippen LogP contribution in [0.2, 0.25) is 0 Å². The van der Waals surface area contributed by atoms with Crippen molar-refractivity contribution in [1.82, 2.24) is 4.90 Å². The first-order valence-electron chi connectivity index (χ1n) is 10.1. The van der Waals surface area contributed by atoms with Gasteiger partial charge in [0, 0.05) is 62.7 Å². The summed E-state index contributed by atoms with van der Waals surface area (Å²) in [5, 5.41) is 28.7. The van der Waals surface area contributed by atoms with Crippen LogP contribution in [-0.2, 0) is 51.0 Å². The Hall–Kier alpha value is -2.30. The largest absolute Gasteiger partial charge is 0.481 e. The molecule has 0 bridgehead atoms. The molecule has 1 amide bonds. The van der Waals surface area contributed by atoms with Gasteiger partial charge in [-0.15, -0.1) is 0 Å². The fourth-order valence-corrected chi connectivity index (χ4v) is 3.12. The van der Waals surface area contributed by atoms with E-state index in [1.54, 1.807) is 0 Å². The maximum absolute atomic E-state index is 12.2. The van der Waals surface area contributed by atoms with Crippen LogP contribution in [0.3, 0.4) is 0 Å². The minimum atomic E-state index is -1.04. The molecule has 34 heavy (non-hydrogen) atoms. The van der Waals surface area contributed by atoms with Crippen LogP contribution in [0.15, 0.2) is 18.2 Å². The molecule has 0 fully saturated rings. The molecule has 1 unspecified atom stereocenters. The number of carboxylic acid groups (broad SMARTS) is 3. The molecular formula is C21H33N3O8PtS. The van der Waals surface area contributed by atoms with Gasteiger partial charge in [0.2, 0.25) is 5.91 Å². The molecular weight excluding hydrogens is 649 g/mol. The Labute approximate surface area is 215 Å². The van der Waals surface area contributed by atoms with Crippen molar-refractivity contribution in [3.05, 3.63) is 29.3 Å². The summed E-state index contributed by atoms with van der Waals surface area (Å²) in [4.78, 5) is 44.8. The third-order valence-electron chi connectivity index (χ3n) is 4.39. The molecule has 0 aromatic heterocycles. The van der Waals surface area contributed by atoms with Gasteiger partial charge in [0.25, 0.3) is 0 Å². The summed E-state index contributed by atoms with van der Waals surface area (Å²) in [6, 6.07) is 4.91. The second-order valence-electron chi connectivity index (χ2n) is 7.35. The number of nitrogens with two attached hydrogens (primary N) is 1. The van der Waals surface area contributed by atoms with E-state index in [2.05, 4.69) is 5.32 Å². The molecule has 0 saturated heterocycles. The first-order chi connectivity index (χ1) is 15.3. The van der Waals surface area contributed by atoms with Crippen LogP contribution in [0, 0.1) is 13.8 Å². The number of carbonyl (C=O) groups is 4. The van der Waals surface area contributed by atoms with Crippen LogP contribution < -0.4 is 11.1 Å². The summed E-state index contributed by atoms with van der Waals surface area (Å²) in [5.41, 5.74) is 8.07. The smallest absolute Gasteiger partial charge is 0.320 e. The molecule has 1 aromatic carbocycles. The van der Waals surface area contributed by atoms with E-state index < -0.39 is 34.7 Å². The Morgan fingerprint density at radius 3 is 2.00 bits per heavy atom. The molecule has 6 N–H and O–H groups in total. The quantitative estimate of drug-likeness (QED) is 0.198. The van der Waals surface area contributed by atoms with E-state index in [9.17, 15) is 23.4 Å². The maximum Gasteiger partial charge on any atom is 0.320 e. The third-order valence-corrected chi connectivity index (χ3v) is 5.20. The van der Waals surface area contributed by atoms with Crippen LogP contribution in [0.25, 0.3) is 0 Å². The van der Waals surface area contributed by atoms with Crippen LogP contribution in [0.1, 0.15) is 30.4 Å². The molecule has 0 aliphatic heterocycles. The van der Waals surface area contributed by atoms with Gasteiger partial charge in [0.05, 0.1) is 19.4 Å². The van der Waals surface area contributed by atoms with Crippen molar-refractivity contribution in [3.8, 4) is 0 Å². The molecule has 0 spiro atoms. The normalized spacial score (nSPS) is 11.6. The predicted molar refractivity (Wildman–Crippen MR) is 125 cm³/mol. The number of nitrogens with zero attached hydrogens (tertiary/aromatic N) is 1. The molecule has 0 heterocycles. The van der Waals surface area contributed by atoms with E-state index >= 15 is 0 Å². The average Bonchev–Trinajstić information content (AvgIpc) is 2.71. The number of rotatable bonds is 13. The second kappa shape index (κ2) is 18.1. The van der Waals surface area contributed by atoms with Crippen LogP contribution in [-0.4, -0.2) is 85.9 Å². The average molecular weight is 683 g/mol. The molecule has 2 atom stereocenters. The Morgan fingerprint density at radius 1 is 1.06 bits per heavy atom. The molecule has 1 aromatic rings. The van der Waals surface area contributed by atoms with Crippen molar-refractivity contribution in [2.24, 2.45) is 5.73 Å². The van der Waals surface area contributed by atoms with E-state index in [1.165, 1.54) is 11.2 Å². The van der Waals surface area contributed by atoms with E-state index in [4.69, 9.17) is 21.1 Å². The molecule has 13 heteroatoms. The monoisotopic (exact) mass is 682 g/mol. The van der Waals surface area contributed by atoms with Gasteiger partial charge in [-0.05, 0) is 31.9 Å². The number of aryl methyl sites for hydroxylation is 2. The fraction of sp³-hybridized carbons (Fsp3) is 0.524. The number of anilines is 1. The van der Waals surface area contributed by atoms with E-state index in [0.717, 1.165) is 16.8 Å². The van der Waals surface area contributed by atoms with Crippen molar-refractivity contribution in [3.63, 3.8) is 0 Å². The standard InChI is InChI=1S/C16H22N2O5.C5H11NO3S.Pt/c1-11-3-4-13(12(2)9-11)17-10-14(19)18(7-5-15(20)21)8-6-16(22)23;1-10(9)3-2-4(6)5(7)8;/h3-4,9,17H,5-8,10H2,1-2H3,(H,20,21)(H,22,23);4H,2-3,6H2,1H3,(H,7,8);/t;4-,10?;/m.0./s1. The van der Waals surface area contributed by atoms with Gasteiger partial charge in [0.1, 0.15) is 6.04 Å². The Balaban J connectivity index is 0. The molecule has 196 valence electrons. The zero-order valence-corrected chi connectivity index (χ0v) is 22.5. The summed E-state index contributed by atoms with van der Waals surface area (Å²) >= 11 is 0. The van der Waals surface area contributed by atoms with Crippen molar-refractivity contribution >= 4 is 40.3 Å². The number of hydrogen-bond acceptors (Lipinski definition) is 7. The predicted octanol–water partition coefficient (Wildman–Crippen LogP) is 0.658. The molecule has 0 saturated carbocycles. The van der Waals surface area contributed by atoms with Gasteiger partial charge >= 0.3 is 17.9 Å². The Kier molecular flexibility index (Phi) is 18.0. The SMILES string of the molecule is CS(=O)CC[C@H](N)C(=O)O.Cc1ccc(NCC(=O)N(CCC(=O)O)CCC(=O)O)c(C)c1.[Pt]. The third kappa shape index (κ3) is 16.3. The first-order valence-corrected chi connectivity index (χ1v) is 11.9. The number of amides is 1. The number of aliphatic carboxylic acids is 3. The van der Waals surface area contributed by atoms with Crippen molar-refractivity contribution in [2.75, 3.05) is 37.0 Å². The summed E-state index contributed by atoms with van der Waals surface area (Å²) in [7, 11) is -0.946. The molecule has 0 aliphatic rings. The van der Waals surface area contributed by atoms with Crippen LogP contribution >= 0.6 is 0 Å². The summed E-state index contributed by atoms with van der Waals surface area (Å²) in [5.74, 6) is -3.06. The van der Waals surface area contributed by atoms with E-state index in [0.29, 0.717) is 5.75 Å². The number of carboxylic acids is 3. The Morgan fingerprint density at radius 2 is 1.59 bits per heavy atom. The van der Waals surface area contributed by atoms with Gasteiger partial charge in [-0.2, -0.15) is 0 Å². The van der Waals surface area contributed by atoms with E-state index in [-0.39, 0.29) is 65.9 Å². The minimum Gasteiger partial charge on any atom is -0.481 e. The van der Waals surface area contributed by atoms with Crippen molar-refractivity contribution in [1.29, 1.82) is 0 Å². The van der Waals surface area contributed by atoms with Gasteiger partial charge in [-0.3, -0.25) is 23.4 Å². The van der Waals surface area contributed by atoms with Crippen LogP contribution in [0.4, 0.5) is 5.69 Å². The van der Waals surface area contributed by atoms with Gasteiger partial charge in [-0.25, -0.2) is 0 Å². The number of carbonyl (C=O) groups excluding carboxylic acids is 1. The number of benzene rings is 1. The zero-order valence-electron chi connectivity index (χ0n) is 19.4.